The molecule has 0 aromatic carbocycles. The Bertz CT molecular complexity index is 342. The zero-order valence-electron chi connectivity index (χ0n) is 8.07. The van der Waals surface area contributed by atoms with Gasteiger partial charge in [-0.15, -0.1) is 0 Å². The van der Waals surface area contributed by atoms with Crippen LogP contribution in [0.15, 0.2) is 23.8 Å². The van der Waals surface area contributed by atoms with Crippen molar-refractivity contribution in [1.82, 2.24) is 0 Å². The molecule has 0 N–H and O–H groups in total. The Morgan fingerprint density at radius 2 is 2.08 bits per heavy atom. The van der Waals surface area contributed by atoms with Gasteiger partial charge in [0.15, 0.2) is 0 Å². The molecule has 0 spiro atoms. The van der Waals surface area contributed by atoms with Gasteiger partial charge in [-0.05, 0) is 20.3 Å². The topological polar surface area (TPSA) is 57.2 Å². The summed E-state index contributed by atoms with van der Waals surface area (Å²) in [4.78, 5) is 0. The smallest absolute Gasteiger partial charge is 0.747 e. The van der Waals surface area contributed by atoms with Gasteiger partial charge in [0.05, 0.1) is 4.75 Å². The monoisotopic (exact) mass is 194 g/mol. The molecule has 0 saturated heterocycles. The summed E-state index contributed by atoms with van der Waals surface area (Å²) in [6.07, 6.45) is 5.17. The summed E-state index contributed by atoms with van der Waals surface area (Å²) in [5.41, 5.74) is 0.996. The third kappa shape index (κ3) is 2.71. The maximum atomic E-state index is 10.8. The summed E-state index contributed by atoms with van der Waals surface area (Å²) in [6.45, 7) is 3.31. The van der Waals surface area contributed by atoms with E-state index in [4.69, 9.17) is 0 Å². The molecule has 0 aromatic rings. The summed E-state index contributed by atoms with van der Waals surface area (Å²) in [6, 6.07) is 0. The maximum Gasteiger partial charge on any atom is 1.00 e. The number of rotatable bonds is 1. The van der Waals surface area contributed by atoms with E-state index in [0.717, 1.165) is 5.57 Å². The van der Waals surface area contributed by atoms with Gasteiger partial charge >= 0.3 is 18.9 Å². The number of hydrogen-bond acceptors (Lipinski definition) is 3. The Morgan fingerprint density at radius 1 is 1.54 bits per heavy atom. The van der Waals surface area contributed by atoms with E-state index in [0.29, 0.717) is 0 Å². The normalized spacial score (nSPS) is 27.8. The summed E-state index contributed by atoms with van der Waals surface area (Å²) in [5, 5.41) is 0. The first kappa shape index (κ1) is 13.0. The van der Waals surface area contributed by atoms with Gasteiger partial charge in [0.2, 0.25) is 0 Å². The third-order valence-electron chi connectivity index (χ3n) is 2.10. The fourth-order valence-corrected chi connectivity index (χ4v) is 1.52. The van der Waals surface area contributed by atoms with Gasteiger partial charge in [0, 0.05) is 0 Å². The average molecular weight is 194 g/mol. The second-order valence-electron chi connectivity index (χ2n) is 3.25. The Balaban J connectivity index is 0.00000144. The first-order valence-corrected chi connectivity index (χ1v) is 5.07. The van der Waals surface area contributed by atoms with Crippen molar-refractivity contribution in [2.45, 2.75) is 25.0 Å². The van der Waals surface area contributed by atoms with E-state index >= 15 is 0 Å². The van der Waals surface area contributed by atoms with Crippen molar-refractivity contribution in [1.29, 1.82) is 0 Å². The zero-order valence-corrected chi connectivity index (χ0v) is 8.89. The molecule has 0 radical (unpaired) electrons. The molecule has 1 aliphatic carbocycles. The largest absolute Gasteiger partial charge is 1.00 e. The quantitative estimate of drug-likeness (QED) is 0.365. The van der Waals surface area contributed by atoms with Gasteiger partial charge in [0.1, 0.15) is 10.1 Å². The van der Waals surface area contributed by atoms with Crippen molar-refractivity contribution >= 4 is 10.1 Å². The van der Waals surface area contributed by atoms with Gasteiger partial charge < -0.3 is 4.55 Å². The van der Waals surface area contributed by atoms with Gasteiger partial charge in [-0.25, -0.2) is 8.42 Å². The molecule has 0 amide bonds. The molecule has 1 unspecified atom stereocenters. The summed E-state index contributed by atoms with van der Waals surface area (Å²) in [5.74, 6) is 0. The van der Waals surface area contributed by atoms with E-state index in [1.807, 2.05) is 6.92 Å². The Labute approximate surface area is 90.8 Å². The molecule has 68 valence electrons. The second kappa shape index (κ2) is 4.01. The standard InChI is InChI=1S/C8H12O3S.Li/c1-7-3-5-8(2,6-4-7)12(9,10)11;/h3-5H,6H2,1-2H3,(H,9,10,11);/q;+1/p-1. The van der Waals surface area contributed by atoms with Crippen LogP contribution in [0.1, 0.15) is 20.3 Å². The van der Waals surface area contributed by atoms with E-state index in [1.54, 1.807) is 12.2 Å². The summed E-state index contributed by atoms with van der Waals surface area (Å²) >= 11 is 0. The van der Waals surface area contributed by atoms with Crippen molar-refractivity contribution < 1.29 is 31.8 Å². The first-order chi connectivity index (χ1) is 5.35. The maximum absolute atomic E-state index is 10.8. The van der Waals surface area contributed by atoms with Gasteiger partial charge in [-0.1, -0.05) is 23.8 Å². The Morgan fingerprint density at radius 3 is 2.38 bits per heavy atom. The molecular weight excluding hydrogens is 183 g/mol. The molecule has 0 saturated carbocycles. The molecule has 1 aliphatic rings. The minimum absolute atomic E-state index is 0. The van der Waals surface area contributed by atoms with Gasteiger partial charge in [-0.3, -0.25) is 0 Å². The fraction of sp³-hybridized carbons (Fsp3) is 0.500. The van der Waals surface area contributed by atoms with Crippen molar-refractivity contribution in [3.05, 3.63) is 23.8 Å². The third-order valence-corrected chi connectivity index (χ3v) is 3.54. The minimum Gasteiger partial charge on any atom is -0.747 e. The second-order valence-corrected chi connectivity index (χ2v) is 5.09. The van der Waals surface area contributed by atoms with Gasteiger partial charge in [-0.2, -0.15) is 0 Å². The van der Waals surface area contributed by atoms with Crippen LogP contribution in [0.2, 0.25) is 0 Å². The zero-order chi connectivity index (χ0) is 9.41. The van der Waals surface area contributed by atoms with Crippen molar-refractivity contribution in [3.8, 4) is 0 Å². The van der Waals surface area contributed by atoms with Crippen LogP contribution in [0.3, 0.4) is 0 Å². The van der Waals surface area contributed by atoms with Gasteiger partial charge in [0.25, 0.3) is 0 Å². The number of hydrogen-bond donors (Lipinski definition) is 0. The molecule has 0 aliphatic heterocycles. The predicted octanol–water partition coefficient (Wildman–Crippen LogP) is -1.80. The number of allylic oxidation sites excluding steroid dienone is 3. The molecule has 0 aromatic heterocycles. The van der Waals surface area contributed by atoms with E-state index in [1.165, 1.54) is 13.0 Å². The molecule has 13 heavy (non-hydrogen) atoms. The molecule has 0 heterocycles. The summed E-state index contributed by atoms with van der Waals surface area (Å²) < 4.78 is 31.1. The average Bonchev–Trinajstić information content (AvgIpc) is 1.93. The first-order valence-electron chi connectivity index (χ1n) is 3.67. The van der Waals surface area contributed by atoms with Crippen LogP contribution in [-0.2, 0) is 10.1 Å². The molecular formula is C8H11LiO3S. The van der Waals surface area contributed by atoms with E-state index in [9.17, 15) is 13.0 Å². The Hall–Kier alpha value is -0.0126. The van der Waals surface area contributed by atoms with Crippen LogP contribution in [0.25, 0.3) is 0 Å². The van der Waals surface area contributed by atoms with Crippen molar-refractivity contribution in [2.75, 3.05) is 0 Å². The van der Waals surface area contributed by atoms with Crippen LogP contribution in [-0.4, -0.2) is 17.7 Å². The van der Waals surface area contributed by atoms with Crippen LogP contribution in [0, 0.1) is 0 Å². The fourth-order valence-electron chi connectivity index (χ4n) is 0.993. The molecule has 5 heteroatoms. The molecule has 1 atom stereocenters. The van der Waals surface area contributed by atoms with Crippen molar-refractivity contribution in [2.24, 2.45) is 0 Å². The molecule has 3 nitrogen and oxygen atoms in total. The van der Waals surface area contributed by atoms with Crippen LogP contribution in [0.5, 0.6) is 0 Å². The predicted molar refractivity (Wildman–Crippen MR) is 45.6 cm³/mol. The van der Waals surface area contributed by atoms with E-state index in [2.05, 4.69) is 0 Å². The van der Waals surface area contributed by atoms with Crippen LogP contribution in [0.4, 0.5) is 0 Å². The molecule has 0 fully saturated rings. The molecule has 0 bridgehead atoms. The van der Waals surface area contributed by atoms with Crippen LogP contribution < -0.4 is 18.9 Å². The van der Waals surface area contributed by atoms with Crippen LogP contribution >= 0.6 is 0 Å². The molecule has 1 rings (SSSR count). The Kier molecular flexibility index (Phi) is 4.01. The van der Waals surface area contributed by atoms with E-state index < -0.39 is 14.9 Å². The summed E-state index contributed by atoms with van der Waals surface area (Å²) in [7, 11) is -4.23. The van der Waals surface area contributed by atoms with E-state index in [-0.39, 0.29) is 25.3 Å². The SMILES string of the molecule is CC1=CCC(C)(S(=O)(=O)[O-])C=C1.[Li+]. The van der Waals surface area contributed by atoms with Crippen molar-refractivity contribution in [3.63, 3.8) is 0 Å². The minimum atomic E-state index is -4.23.